The number of hydrogen-bond acceptors (Lipinski definition) is 5. The third kappa shape index (κ3) is 4.18. The maximum Gasteiger partial charge on any atom is 0.410 e. The van der Waals surface area contributed by atoms with Gasteiger partial charge in [0.15, 0.2) is 0 Å². The Morgan fingerprint density at radius 1 is 1.10 bits per heavy atom. The lowest BCUT2D eigenvalue weighted by Crippen LogP contribution is -2.62. The first-order valence-electron chi connectivity index (χ1n) is 10.4. The van der Waals surface area contributed by atoms with Crippen LogP contribution in [0.4, 0.5) is 4.79 Å². The number of amides is 4. The van der Waals surface area contributed by atoms with Crippen LogP contribution in [0.3, 0.4) is 0 Å². The molecule has 2 N–H and O–H groups in total. The van der Waals surface area contributed by atoms with E-state index in [0.717, 1.165) is 19.3 Å². The van der Waals surface area contributed by atoms with Gasteiger partial charge in [-0.05, 0) is 59.3 Å². The molecule has 9 nitrogen and oxygen atoms in total. The third-order valence-corrected chi connectivity index (χ3v) is 6.00. The molecule has 3 aliphatic rings. The topological polar surface area (TPSA) is 113 Å². The van der Waals surface area contributed by atoms with E-state index in [0.29, 0.717) is 38.9 Å². The van der Waals surface area contributed by atoms with Gasteiger partial charge in [-0.3, -0.25) is 19.3 Å². The Morgan fingerprint density at radius 2 is 1.83 bits per heavy atom. The summed E-state index contributed by atoms with van der Waals surface area (Å²) in [5.41, 5.74) is 3.71. The van der Waals surface area contributed by atoms with E-state index >= 15 is 0 Å². The summed E-state index contributed by atoms with van der Waals surface area (Å²) in [5.74, 6) is -0.954. The van der Waals surface area contributed by atoms with Crippen molar-refractivity contribution in [3.05, 3.63) is 0 Å². The number of piperidine rings is 1. The number of hydrogen-bond donors (Lipinski definition) is 1. The predicted molar refractivity (Wildman–Crippen MR) is 105 cm³/mol. The molecule has 3 heterocycles. The molecule has 2 atom stereocenters. The highest BCUT2D eigenvalue weighted by Crippen LogP contribution is 2.39. The summed E-state index contributed by atoms with van der Waals surface area (Å²) in [6, 6.07) is -0.613. The van der Waals surface area contributed by atoms with Gasteiger partial charge in [0, 0.05) is 19.6 Å². The lowest BCUT2D eigenvalue weighted by Gasteiger charge is -2.45. The van der Waals surface area contributed by atoms with Crippen LogP contribution in [0.15, 0.2) is 0 Å². The van der Waals surface area contributed by atoms with Gasteiger partial charge in [-0.25, -0.2) is 4.79 Å². The molecule has 3 rings (SSSR count). The summed E-state index contributed by atoms with van der Waals surface area (Å²) >= 11 is 0. The van der Waals surface area contributed by atoms with E-state index < -0.39 is 29.2 Å². The Hall–Kier alpha value is -2.32. The summed E-state index contributed by atoms with van der Waals surface area (Å²) in [5, 5.41) is 0. The first kappa shape index (κ1) is 21.4. The van der Waals surface area contributed by atoms with Crippen molar-refractivity contribution in [2.75, 3.05) is 26.2 Å². The number of nitrogens with two attached hydrogens (primary N) is 1. The van der Waals surface area contributed by atoms with Crippen LogP contribution in [0, 0.1) is 0 Å². The van der Waals surface area contributed by atoms with Gasteiger partial charge in [0.2, 0.25) is 17.7 Å². The fourth-order valence-electron chi connectivity index (χ4n) is 4.74. The monoisotopic (exact) mass is 408 g/mol. The zero-order valence-electron chi connectivity index (χ0n) is 17.6. The van der Waals surface area contributed by atoms with Crippen molar-refractivity contribution in [3.8, 4) is 0 Å². The zero-order chi connectivity index (χ0) is 21.4. The van der Waals surface area contributed by atoms with Crippen molar-refractivity contribution in [2.24, 2.45) is 5.73 Å². The van der Waals surface area contributed by atoms with Crippen molar-refractivity contribution in [2.45, 2.75) is 76.5 Å². The lowest BCUT2D eigenvalue weighted by molar-refractivity contribution is -0.155. The zero-order valence-corrected chi connectivity index (χ0v) is 17.6. The van der Waals surface area contributed by atoms with Gasteiger partial charge in [0.25, 0.3) is 0 Å². The van der Waals surface area contributed by atoms with Gasteiger partial charge in [-0.1, -0.05) is 0 Å². The standard InChI is InChI=1S/C20H32N4O5/c1-19(2,3)29-18(28)23-10-6-7-14(23)16(26)24-11-5-4-8-20(24)9-12-22(17(20)27)13-15(21)25/h14H,4-13H2,1-3H3,(H2,21,25)/t14-,20-/m0/s1. The Kier molecular flexibility index (Phi) is 5.78. The molecule has 0 aromatic carbocycles. The van der Waals surface area contributed by atoms with Gasteiger partial charge < -0.3 is 20.3 Å². The molecule has 0 unspecified atom stereocenters. The summed E-state index contributed by atoms with van der Waals surface area (Å²) < 4.78 is 5.48. The molecular weight excluding hydrogens is 376 g/mol. The summed E-state index contributed by atoms with van der Waals surface area (Å²) in [7, 11) is 0. The van der Waals surface area contributed by atoms with Gasteiger partial charge in [0.05, 0.1) is 6.54 Å². The minimum absolute atomic E-state index is 0.129. The molecule has 0 aromatic rings. The van der Waals surface area contributed by atoms with Crippen LogP contribution in [0.2, 0.25) is 0 Å². The van der Waals surface area contributed by atoms with E-state index in [2.05, 4.69) is 0 Å². The van der Waals surface area contributed by atoms with Crippen LogP contribution in [0.1, 0.15) is 59.3 Å². The molecule has 0 bridgehead atoms. The largest absolute Gasteiger partial charge is 0.444 e. The van der Waals surface area contributed by atoms with E-state index in [1.54, 1.807) is 25.7 Å². The Balaban J connectivity index is 1.80. The highest BCUT2D eigenvalue weighted by Gasteiger charge is 2.55. The van der Waals surface area contributed by atoms with Crippen LogP contribution in [0.25, 0.3) is 0 Å². The normalized spacial score (nSPS) is 27.6. The molecule has 1 spiro atoms. The number of carbonyl (C=O) groups is 4. The fourth-order valence-corrected chi connectivity index (χ4v) is 4.74. The second-order valence-electron chi connectivity index (χ2n) is 9.25. The number of nitrogens with zero attached hydrogens (tertiary/aromatic N) is 3. The Morgan fingerprint density at radius 3 is 2.48 bits per heavy atom. The van der Waals surface area contributed by atoms with Crippen molar-refractivity contribution < 1.29 is 23.9 Å². The maximum atomic E-state index is 13.5. The highest BCUT2D eigenvalue weighted by molar-refractivity contribution is 5.97. The Bertz CT molecular complexity index is 703. The lowest BCUT2D eigenvalue weighted by atomic mass is 9.84. The molecule has 0 radical (unpaired) electrons. The molecule has 3 fully saturated rings. The van der Waals surface area contributed by atoms with E-state index in [4.69, 9.17) is 10.5 Å². The van der Waals surface area contributed by atoms with Crippen LogP contribution in [0.5, 0.6) is 0 Å². The van der Waals surface area contributed by atoms with E-state index in [9.17, 15) is 19.2 Å². The van der Waals surface area contributed by atoms with Crippen LogP contribution < -0.4 is 5.73 Å². The van der Waals surface area contributed by atoms with Gasteiger partial charge in [-0.2, -0.15) is 0 Å². The van der Waals surface area contributed by atoms with Gasteiger partial charge in [0.1, 0.15) is 17.2 Å². The van der Waals surface area contributed by atoms with Crippen molar-refractivity contribution in [1.82, 2.24) is 14.7 Å². The maximum absolute atomic E-state index is 13.5. The van der Waals surface area contributed by atoms with E-state index in [1.807, 2.05) is 0 Å². The van der Waals surface area contributed by atoms with Crippen LogP contribution in [-0.4, -0.2) is 81.9 Å². The summed E-state index contributed by atoms with van der Waals surface area (Å²) in [6.07, 6.45) is 3.52. The first-order valence-corrected chi connectivity index (χ1v) is 10.4. The highest BCUT2D eigenvalue weighted by atomic mass is 16.6. The smallest absolute Gasteiger partial charge is 0.410 e. The summed E-state index contributed by atoms with van der Waals surface area (Å²) in [4.78, 5) is 55.3. The number of likely N-dealkylation sites (tertiary alicyclic amines) is 3. The average Bonchev–Trinajstić information content (AvgIpc) is 3.22. The molecule has 9 heteroatoms. The van der Waals surface area contributed by atoms with Gasteiger partial charge in [-0.15, -0.1) is 0 Å². The molecule has 3 aliphatic heterocycles. The van der Waals surface area contributed by atoms with Crippen molar-refractivity contribution in [1.29, 1.82) is 0 Å². The second-order valence-corrected chi connectivity index (χ2v) is 9.25. The average molecular weight is 408 g/mol. The first-order chi connectivity index (χ1) is 13.5. The van der Waals surface area contributed by atoms with Crippen molar-refractivity contribution in [3.63, 3.8) is 0 Å². The summed E-state index contributed by atoms with van der Waals surface area (Å²) in [6.45, 7) is 6.61. The SMILES string of the molecule is CC(C)(C)OC(=O)N1CCC[C@H]1C(=O)N1CCCC[C@@]12CCN(CC(N)=O)C2=O. The van der Waals surface area contributed by atoms with Crippen LogP contribution >= 0.6 is 0 Å². The quantitative estimate of drug-likeness (QED) is 0.744. The second kappa shape index (κ2) is 7.84. The Labute approximate surface area is 171 Å². The third-order valence-electron chi connectivity index (χ3n) is 6.00. The number of carbonyl (C=O) groups excluding carboxylic acids is 4. The molecular formula is C20H32N4O5. The van der Waals surface area contributed by atoms with E-state index in [1.165, 1.54) is 9.80 Å². The molecule has 0 aliphatic carbocycles. The van der Waals surface area contributed by atoms with Crippen molar-refractivity contribution >= 4 is 23.8 Å². The molecule has 0 aromatic heterocycles. The number of ether oxygens (including phenoxy) is 1. The molecule has 29 heavy (non-hydrogen) atoms. The molecule has 162 valence electrons. The molecule has 0 saturated carbocycles. The van der Waals surface area contributed by atoms with E-state index in [-0.39, 0.29) is 18.4 Å². The van der Waals surface area contributed by atoms with Crippen LogP contribution in [-0.2, 0) is 19.1 Å². The fraction of sp³-hybridized carbons (Fsp3) is 0.800. The predicted octanol–water partition coefficient (Wildman–Crippen LogP) is 0.855. The molecule has 3 saturated heterocycles. The number of primary amides is 1. The minimum atomic E-state index is -0.924. The minimum Gasteiger partial charge on any atom is -0.444 e. The van der Waals surface area contributed by atoms with Gasteiger partial charge >= 0.3 is 6.09 Å². The molecule has 4 amide bonds. The number of rotatable bonds is 3.